The van der Waals surface area contributed by atoms with E-state index in [0.717, 1.165) is 12.8 Å². The Kier molecular flexibility index (Phi) is 3.42. The van der Waals surface area contributed by atoms with Crippen LogP contribution >= 0.6 is 0 Å². The van der Waals surface area contributed by atoms with Crippen molar-refractivity contribution < 1.29 is 18.7 Å². The van der Waals surface area contributed by atoms with Gasteiger partial charge in [0.1, 0.15) is 11.9 Å². The number of ether oxygens (including phenoxy) is 2. The first kappa shape index (κ1) is 11.6. The highest BCUT2D eigenvalue weighted by molar-refractivity contribution is 5.77. The van der Waals surface area contributed by atoms with E-state index < -0.39 is 5.82 Å². The molecule has 0 aromatic heterocycles. The molecule has 2 rings (SSSR count). The monoisotopic (exact) mass is 236 g/mol. The lowest BCUT2D eigenvalue weighted by atomic mass is 10.2. The Labute approximate surface area is 98.8 Å². The summed E-state index contributed by atoms with van der Waals surface area (Å²) in [7, 11) is 1.44. The van der Waals surface area contributed by atoms with Gasteiger partial charge in [0.05, 0.1) is 12.7 Å². The Morgan fingerprint density at radius 1 is 1.29 bits per heavy atom. The zero-order valence-corrected chi connectivity index (χ0v) is 9.48. The lowest BCUT2D eigenvalue weighted by Crippen LogP contribution is -2.12. The SMILES string of the molecule is COc1cc(F)c(C=O)cc1OC1CC=CC1. The molecule has 0 aliphatic heterocycles. The van der Waals surface area contributed by atoms with Crippen LogP contribution in [-0.4, -0.2) is 19.5 Å². The first-order valence-corrected chi connectivity index (χ1v) is 5.39. The number of aldehydes is 1. The van der Waals surface area contributed by atoms with Gasteiger partial charge in [0, 0.05) is 18.9 Å². The van der Waals surface area contributed by atoms with Crippen LogP contribution in [0, 0.1) is 5.82 Å². The first-order chi connectivity index (χ1) is 8.24. The molecule has 0 radical (unpaired) electrons. The fourth-order valence-corrected chi connectivity index (χ4v) is 1.76. The van der Waals surface area contributed by atoms with E-state index in [9.17, 15) is 9.18 Å². The number of carbonyl (C=O) groups excluding carboxylic acids is 1. The molecule has 1 aliphatic carbocycles. The smallest absolute Gasteiger partial charge is 0.163 e. The largest absolute Gasteiger partial charge is 0.493 e. The summed E-state index contributed by atoms with van der Waals surface area (Å²) in [5, 5.41) is 0. The van der Waals surface area contributed by atoms with E-state index >= 15 is 0 Å². The van der Waals surface area contributed by atoms with Crippen molar-refractivity contribution in [2.75, 3.05) is 7.11 Å². The topological polar surface area (TPSA) is 35.5 Å². The van der Waals surface area contributed by atoms with Crippen LogP contribution in [0.3, 0.4) is 0 Å². The summed E-state index contributed by atoms with van der Waals surface area (Å²) in [5.74, 6) is 0.110. The number of rotatable bonds is 4. The third-order valence-electron chi connectivity index (χ3n) is 2.67. The second-order valence-corrected chi connectivity index (χ2v) is 3.83. The molecule has 0 heterocycles. The maximum absolute atomic E-state index is 13.4. The van der Waals surface area contributed by atoms with E-state index in [1.807, 2.05) is 12.2 Å². The van der Waals surface area contributed by atoms with Crippen LogP contribution < -0.4 is 9.47 Å². The van der Waals surface area contributed by atoms with Crippen molar-refractivity contribution in [1.29, 1.82) is 0 Å². The van der Waals surface area contributed by atoms with E-state index in [2.05, 4.69) is 0 Å². The molecular formula is C13H13FO3. The average Bonchev–Trinajstić information content (AvgIpc) is 2.83. The molecule has 0 spiro atoms. The first-order valence-electron chi connectivity index (χ1n) is 5.39. The number of hydrogen-bond donors (Lipinski definition) is 0. The molecule has 0 amide bonds. The van der Waals surface area contributed by atoms with Gasteiger partial charge in [0.2, 0.25) is 0 Å². The summed E-state index contributed by atoms with van der Waals surface area (Å²) in [6.45, 7) is 0. The normalized spacial score (nSPS) is 14.9. The Morgan fingerprint density at radius 3 is 2.59 bits per heavy atom. The summed E-state index contributed by atoms with van der Waals surface area (Å²) in [5.41, 5.74) is -0.0215. The van der Waals surface area contributed by atoms with Crippen molar-refractivity contribution in [3.63, 3.8) is 0 Å². The lowest BCUT2D eigenvalue weighted by molar-refractivity contribution is 0.111. The Balaban J connectivity index is 2.26. The Morgan fingerprint density at radius 2 is 2.00 bits per heavy atom. The van der Waals surface area contributed by atoms with Crippen LogP contribution in [0.1, 0.15) is 23.2 Å². The van der Waals surface area contributed by atoms with Gasteiger partial charge in [-0.3, -0.25) is 4.79 Å². The minimum atomic E-state index is -0.603. The fourth-order valence-electron chi connectivity index (χ4n) is 1.76. The maximum atomic E-state index is 13.4. The van der Waals surface area contributed by atoms with Gasteiger partial charge in [0.25, 0.3) is 0 Å². The van der Waals surface area contributed by atoms with Crippen LogP contribution in [-0.2, 0) is 0 Å². The molecule has 0 unspecified atom stereocenters. The van der Waals surface area contributed by atoms with Crippen molar-refractivity contribution >= 4 is 6.29 Å². The molecule has 1 aliphatic rings. The van der Waals surface area contributed by atoms with Gasteiger partial charge >= 0.3 is 0 Å². The van der Waals surface area contributed by atoms with Gasteiger partial charge in [-0.2, -0.15) is 0 Å². The molecule has 17 heavy (non-hydrogen) atoms. The summed E-state index contributed by atoms with van der Waals surface area (Å²) < 4.78 is 24.1. The van der Waals surface area contributed by atoms with E-state index in [0.29, 0.717) is 17.8 Å². The third kappa shape index (κ3) is 2.46. The van der Waals surface area contributed by atoms with Crippen LogP contribution in [0.25, 0.3) is 0 Å². The number of hydrogen-bond acceptors (Lipinski definition) is 3. The molecule has 1 aromatic carbocycles. The highest BCUT2D eigenvalue weighted by atomic mass is 19.1. The molecular weight excluding hydrogens is 223 g/mol. The lowest BCUT2D eigenvalue weighted by Gasteiger charge is -2.16. The average molecular weight is 236 g/mol. The molecule has 0 saturated heterocycles. The summed E-state index contributed by atoms with van der Waals surface area (Å²) in [4.78, 5) is 10.7. The van der Waals surface area contributed by atoms with Crippen LogP contribution in [0.5, 0.6) is 11.5 Å². The predicted molar refractivity (Wildman–Crippen MR) is 61.1 cm³/mol. The van der Waals surface area contributed by atoms with Crippen LogP contribution in [0.4, 0.5) is 4.39 Å². The molecule has 1 aromatic rings. The van der Waals surface area contributed by atoms with Gasteiger partial charge in [-0.25, -0.2) is 4.39 Å². The molecule has 0 atom stereocenters. The molecule has 90 valence electrons. The molecule has 0 bridgehead atoms. The molecule has 4 heteroatoms. The van der Waals surface area contributed by atoms with Crippen molar-refractivity contribution in [2.45, 2.75) is 18.9 Å². The zero-order chi connectivity index (χ0) is 12.3. The van der Waals surface area contributed by atoms with Gasteiger partial charge < -0.3 is 9.47 Å². The Hall–Kier alpha value is -1.84. The van der Waals surface area contributed by atoms with Crippen molar-refractivity contribution in [3.8, 4) is 11.5 Å². The van der Waals surface area contributed by atoms with Crippen LogP contribution in [0.15, 0.2) is 24.3 Å². The van der Waals surface area contributed by atoms with Gasteiger partial charge in [-0.15, -0.1) is 0 Å². The van der Waals surface area contributed by atoms with E-state index in [4.69, 9.17) is 9.47 Å². The van der Waals surface area contributed by atoms with Crippen molar-refractivity contribution in [1.82, 2.24) is 0 Å². The zero-order valence-electron chi connectivity index (χ0n) is 9.48. The van der Waals surface area contributed by atoms with Gasteiger partial charge in [-0.1, -0.05) is 12.2 Å². The summed E-state index contributed by atoms with van der Waals surface area (Å²) >= 11 is 0. The number of halogens is 1. The second kappa shape index (κ2) is 4.99. The van der Waals surface area contributed by atoms with E-state index in [1.165, 1.54) is 19.2 Å². The minimum Gasteiger partial charge on any atom is -0.493 e. The van der Waals surface area contributed by atoms with E-state index in [-0.39, 0.29) is 11.7 Å². The van der Waals surface area contributed by atoms with Crippen LogP contribution in [0.2, 0.25) is 0 Å². The van der Waals surface area contributed by atoms with Crippen molar-refractivity contribution in [2.24, 2.45) is 0 Å². The quantitative estimate of drug-likeness (QED) is 0.595. The second-order valence-electron chi connectivity index (χ2n) is 3.83. The van der Waals surface area contributed by atoms with Gasteiger partial charge in [-0.05, 0) is 6.07 Å². The highest BCUT2D eigenvalue weighted by Gasteiger charge is 2.17. The summed E-state index contributed by atoms with van der Waals surface area (Å²) in [6, 6.07) is 2.54. The molecule has 0 saturated carbocycles. The highest BCUT2D eigenvalue weighted by Crippen LogP contribution is 2.32. The third-order valence-corrected chi connectivity index (χ3v) is 2.67. The summed E-state index contributed by atoms with van der Waals surface area (Å²) in [6.07, 6.45) is 6.19. The number of methoxy groups -OCH3 is 1. The molecule has 0 N–H and O–H groups in total. The molecule has 3 nitrogen and oxygen atoms in total. The fraction of sp³-hybridized carbons (Fsp3) is 0.308. The standard InChI is InChI=1S/C13H13FO3/c1-16-12-7-11(14)9(8-15)6-13(12)17-10-4-2-3-5-10/h2-3,6-8,10H,4-5H2,1H3. The Bertz CT molecular complexity index is 446. The number of carbonyl (C=O) groups is 1. The minimum absolute atomic E-state index is 0.0215. The molecule has 0 fully saturated rings. The number of benzene rings is 1. The predicted octanol–water partition coefficient (Wildman–Crippen LogP) is 2.74. The maximum Gasteiger partial charge on any atom is 0.163 e. The van der Waals surface area contributed by atoms with Crippen molar-refractivity contribution in [3.05, 3.63) is 35.7 Å². The van der Waals surface area contributed by atoms with Gasteiger partial charge in [0.15, 0.2) is 17.8 Å². The van der Waals surface area contributed by atoms with E-state index in [1.54, 1.807) is 0 Å².